The van der Waals surface area contributed by atoms with Gasteiger partial charge in [-0.05, 0) is 43.2 Å². The third-order valence-electron chi connectivity index (χ3n) is 4.91. The summed E-state index contributed by atoms with van der Waals surface area (Å²) in [5.74, 6) is -0.0555. The van der Waals surface area contributed by atoms with Gasteiger partial charge in [-0.1, -0.05) is 64.9 Å². The number of benzene rings is 2. The molecule has 1 N–H and O–H groups in total. The van der Waals surface area contributed by atoms with Gasteiger partial charge in [0.05, 0.1) is 0 Å². The Balaban J connectivity index is 2.02. The first-order valence-electron chi connectivity index (χ1n) is 9.61. The van der Waals surface area contributed by atoms with E-state index in [9.17, 15) is 9.90 Å². The number of halogens is 1. The lowest BCUT2D eigenvalue weighted by Gasteiger charge is -2.10. The van der Waals surface area contributed by atoms with Gasteiger partial charge in [0.25, 0.3) is 5.88 Å². The van der Waals surface area contributed by atoms with Crippen LogP contribution in [0.15, 0.2) is 71.5 Å². The maximum atomic E-state index is 13.2. The highest BCUT2D eigenvalue weighted by molar-refractivity contribution is 6.30. The highest BCUT2D eigenvalue weighted by atomic mass is 35.5. The van der Waals surface area contributed by atoms with Gasteiger partial charge in [0.2, 0.25) is 0 Å². The molecule has 2 aromatic heterocycles. The van der Waals surface area contributed by atoms with E-state index in [0.29, 0.717) is 34.0 Å². The van der Waals surface area contributed by atoms with Crippen molar-refractivity contribution in [2.45, 2.75) is 26.2 Å². The number of hydrogen-bond acceptors (Lipinski definition) is 3. The molecule has 2 aromatic carbocycles. The summed E-state index contributed by atoms with van der Waals surface area (Å²) < 4.78 is 3.02. The predicted molar refractivity (Wildman–Crippen MR) is 114 cm³/mol. The molecule has 0 unspecified atom stereocenters. The Morgan fingerprint density at radius 1 is 1.03 bits per heavy atom. The molecule has 2 heterocycles. The monoisotopic (exact) mass is 406 g/mol. The molecule has 4 rings (SSSR count). The summed E-state index contributed by atoms with van der Waals surface area (Å²) in [5.41, 5.74) is 2.86. The summed E-state index contributed by atoms with van der Waals surface area (Å²) in [6.45, 7) is 2.05. The van der Waals surface area contributed by atoms with Crippen molar-refractivity contribution in [3.8, 4) is 22.8 Å². The van der Waals surface area contributed by atoms with E-state index in [2.05, 4.69) is 12.0 Å². The quantitative estimate of drug-likeness (QED) is 0.501. The predicted octanol–water partition coefficient (Wildman–Crippen LogP) is 4.34. The van der Waals surface area contributed by atoms with Gasteiger partial charge in [-0.25, -0.2) is 4.79 Å². The summed E-state index contributed by atoms with van der Waals surface area (Å²) in [6, 6.07) is 20.5. The highest BCUT2D eigenvalue weighted by Crippen LogP contribution is 2.20. The lowest BCUT2D eigenvalue weighted by atomic mass is 10.1. The van der Waals surface area contributed by atoms with Crippen LogP contribution in [0, 0.1) is 0 Å². The Morgan fingerprint density at radius 2 is 1.76 bits per heavy atom. The van der Waals surface area contributed by atoms with E-state index in [1.54, 1.807) is 34.9 Å². The van der Waals surface area contributed by atoms with Gasteiger partial charge < -0.3 is 5.11 Å². The SMILES string of the molecule is CCCCc1c(O)[n+](-c2ccc(Cl)cc2)c2ccc(-c3ccccc3)nn2c1=O. The number of aromatic hydroxyl groups is 1. The lowest BCUT2D eigenvalue weighted by Crippen LogP contribution is -2.40. The largest absolute Gasteiger partial charge is 0.477 e. The van der Waals surface area contributed by atoms with Gasteiger partial charge in [0.1, 0.15) is 16.9 Å². The molecular formula is C23H21ClN3O2+. The summed E-state index contributed by atoms with van der Waals surface area (Å²) in [6.07, 6.45) is 2.20. The summed E-state index contributed by atoms with van der Waals surface area (Å²) in [4.78, 5) is 13.2. The van der Waals surface area contributed by atoms with Crippen LogP contribution < -0.4 is 10.1 Å². The first kappa shape index (κ1) is 19.2. The summed E-state index contributed by atoms with van der Waals surface area (Å²) in [5, 5.41) is 16.2. The molecule has 0 aliphatic heterocycles. The molecule has 4 aromatic rings. The molecule has 29 heavy (non-hydrogen) atoms. The normalized spacial score (nSPS) is 11.1. The second-order valence-corrected chi connectivity index (χ2v) is 7.31. The van der Waals surface area contributed by atoms with Crippen molar-refractivity contribution >= 4 is 17.2 Å². The van der Waals surface area contributed by atoms with Crippen molar-refractivity contribution in [2.24, 2.45) is 0 Å². The van der Waals surface area contributed by atoms with Crippen LogP contribution in [0.5, 0.6) is 5.88 Å². The van der Waals surface area contributed by atoms with Crippen molar-refractivity contribution < 1.29 is 9.67 Å². The van der Waals surface area contributed by atoms with E-state index in [1.165, 1.54) is 4.52 Å². The van der Waals surface area contributed by atoms with E-state index in [1.807, 2.05) is 36.4 Å². The van der Waals surface area contributed by atoms with Gasteiger partial charge >= 0.3 is 11.2 Å². The van der Waals surface area contributed by atoms with Gasteiger partial charge in [0.15, 0.2) is 0 Å². The summed E-state index contributed by atoms with van der Waals surface area (Å²) in [7, 11) is 0. The summed E-state index contributed by atoms with van der Waals surface area (Å²) >= 11 is 6.03. The maximum Gasteiger partial charge on any atom is 0.370 e. The zero-order valence-corrected chi connectivity index (χ0v) is 16.8. The molecule has 0 saturated carbocycles. The van der Waals surface area contributed by atoms with Crippen LogP contribution in [0.2, 0.25) is 5.02 Å². The molecule has 0 atom stereocenters. The van der Waals surface area contributed by atoms with Gasteiger partial charge in [-0.2, -0.15) is 4.57 Å². The van der Waals surface area contributed by atoms with E-state index in [-0.39, 0.29) is 11.4 Å². The minimum absolute atomic E-state index is 0.0555. The fraction of sp³-hybridized carbons (Fsp3) is 0.174. The minimum atomic E-state index is -0.297. The van der Waals surface area contributed by atoms with E-state index < -0.39 is 0 Å². The zero-order chi connectivity index (χ0) is 20.4. The molecule has 0 aliphatic carbocycles. The van der Waals surface area contributed by atoms with Crippen molar-refractivity contribution in [1.29, 1.82) is 0 Å². The molecule has 5 nitrogen and oxygen atoms in total. The number of nitrogens with zero attached hydrogens (tertiary/aromatic N) is 3. The van der Waals surface area contributed by atoms with Gasteiger partial charge in [0, 0.05) is 16.7 Å². The van der Waals surface area contributed by atoms with Crippen LogP contribution in [0.1, 0.15) is 25.3 Å². The van der Waals surface area contributed by atoms with Crippen molar-refractivity contribution in [1.82, 2.24) is 9.61 Å². The first-order chi connectivity index (χ1) is 14.1. The number of aromatic nitrogens is 3. The van der Waals surface area contributed by atoms with Crippen LogP contribution in [0.3, 0.4) is 0 Å². The van der Waals surface area contributed by atoms with Crippen LogP contribution in [-0.4, -0.2) is 14.7 Å². The van der Waals surface area contributed by atoms with Crippen LogP contribution in [0.25, 0.3) is 22.6 Å². The maximum absolute atomic E-state index is 13.2. The number of hydrogen-bond donors (Lipinski definition) is 1. The fourth-order valence-electron chi connectivity index (χ4n) is 3.38. The number of rotatable bonds is 5. The van der Waals surface area contributed by atoms with Crippen molar-refractivity contribution in [3.05, 3.63) is 87.7 Å². The second-order valence-electron chi connectivity index (χ2n) is 6.88. The Kier molecular flexibility index (Phi) is 5.32. The van der Waals surface area contributed by atoms with Crippen molar-refractivity contribution in [2.75, 3.05) is 0 Å². The Morgan fingerprint density at radius 3 is 2.45 bits per heavy atom. The van der Waals surface area contributed by atoms with Gasteiger partial charge in [-0.15, -0.1) is 0 Å². The molecule has 146 valence electrons. The lowest BCUT2D eigenvalue weighted by molar-refractivity contribution is -0.581. The van der Waals surface area contributed by atoms with E-state index in [4.69, 9.17) is 11.6 Å². The van der Waals surface area contributed by atoms with Crippen LogP contribution in [-0.2, 0) is 6.42 Å². The minimum Gasteiger partial charge on any atom is -0.477 e. The smallest absolute Gasteiger partial charge is 0.370 e. The number of fused-ring (bicyclic) bond motifs is 1. The van der Waals surface area contributed by atoms with E-state index >= 15 is 0 Å². The average molecular weight is 407 g/mol. The first-order valence-corrected chi connectivity index (χ1v) is 9.99. The van der Waals surface area contributed by atoms with Gasteiger partial charge in [-0.3, -0.25) is 0 Å². The Labute approximate surface area is 173 Å². The highest BCUT2D eigenvalue weighted by Gasteiger charge is 2.26. The van der Waals surface area contributed by atoms with Crippen LogP contribution in [0.4, 0.5) is 0 Å². The molecule has 0 saturated heterocycles. The number of unbranched alkanes of at least 4 members (excludes halogenated alkanes) is 1. The molecular weight excluding hydrogens is 386 g/mol. The Bertz CT molecular complexity index is 1220. The van der Waals surface area contributed by atoms with Crippen molar-refractivity contribution in [3.63, 3.8) is 0 Å². The molecule has 0 bridgehead atoms. The molecule has 0 aliphatic rings. The average Bonchev–Trinajstić information content (AvgIpc) is 2.75. The third kappa shape index (κ3) is 3.61. The molecule has 0 fully saturated rings. The molecule has 0 spiro atoms. The second kappa shape index (κ2) is 8.05. The topological polar surface area (TPSA) is 58.5 Å². The molecule has 0 radical (unpaired) electrons. The zero-order valence-electron chi connectivity index (χ0n) is 16.0. The molecule has 6 heteroatoms. The standard InChI is InChI=1S/C23H20ClN3O2/c1-2-3-9-19-22(28)26(18-12-10-17(24)11-13-18)21-15-14-20(25-27(21)23(19)29)16-7-5-4-6-8-16/h4-8,10-15H,2-3,9H2,1H3/p+1. The fourth-order valence-corrected chi connectivity index (χ4v) is 3.51. The van der Waals surface area contributed by atoms with E-state index in [0.717, 1.165) is 18.4 Å². The Hall–Kier alpha value is -3.18. The molecule has 0 amide bonds. The third-order valence-corrected chi connectivity index (χ3v) is 5.16. The van der Waals surface area contributed by atoms with Crippen LogP contribution >= 0.6 is 11.6 Å².